The molecule has 2 nitrogen and oxygen atoms in total. The third-order valence-electron chi connectivity index (χ3n) is 3.03. The SMILES string of the molecule is CC(C)CC(=O)OC(c1ccccc1)c1ccccc1. The van der Waals surface area contributed by atoms with E-state index in [0.717, 1.165) is 11.1 Å². The van der Waals surface area contributed by atoms with Crippen molar-refractivity contribution in [2.75, 3.05) is 0 Å². The zero-order chi connectivity index (χ0) is 14.4. The van der Waals surface area contributed by atoms with Gasteiger partial charge in [0.05, 0.1) is 0 Å². The van der Waals surface area contributed by atoms with Crippen LogP contribution in [-0.2, 0) is 9.53 Å². The van der Waals surface area contributed by atoms with Gasteiger partial charge in [0.2, 0.25) is 0 Å². The smallest absolute Gasteiger partial charge is 0.306 e. The average Bonchev–Trinajstić information content (AvgIpc) is 2.46. The summed E-state index contributed by atoms with van der Waals surface area (Å²) in [6.45, 7) is 4.03. The van der Waals surface area contributed by atoms with Gasteiger partial charge in [-0.25, -0.2) is 0 Å². The van der Waals surface area contributed by atoms with Crippen molar-refractivity contribution in [1.82, 2.24) is 0 Å². The Morgan fingerprint density at radius 3 is 1.75 bits per heavy atom. The highest BCUT2D eigenvalue weighted by molar-refractivity contribution is 5.70. The first kappa shape index (κ1) is 14.3. The van der Waals surface area contributed by atoms with Crippen LogP contribution in [0.1, 0.15) is 37.5 Å². The number of rotatable bonds is 5. The van der Waals surface area contributed by atoms with Gasteiger partial charge in [-0.3, -0.25) is 4.79 Å². The maximum atomic E-state index is 12.0. The van der Waals surface area contributed by atoms with Gasteiger partial charge in [0, 0.05) is 6.42 Å². The molecule has 0 aliphatic rings. The fourth-order valence-corrected chi connectivity index (χ4v) is 2.10. The Morgan fingerprint density at radius 1 is 0.900 bits per heavy atom. The van der Waals surface area contributed by atoms with Gasteiger partial charge in [-0.05, 0) is 17.0 Å². The van der Waals surface area contributed by atoms with Crippen LogP contribution in [-0.4, -0.2) is 5.97 Å². The van der Waals surface area contributed by atoms with Crippen LogP contribution in [0.5, 0.6) is 0 Å². The molecule has 0 heterocycles. The van der Waals surface area contributed by atoms with Crippen molar-refractivity contribution in [3.05, 3.63) is 71.8 Å². The molecule has 2 heteroatoms. The van der Waals surface area contributed by atoms with Crippen molar-refractivity contribution >= 4 is 5.97 Å². The maximum absolute atomic E-state index is 12.0. The second-order valence-corrected chi connectivity index (χ2v) is 5.29. The molecule has 2 rings (SSSR count). The predicted octanol–water partition coefficient (Wildman–Crippen LogP) is 4.37. The van der Waals surface area contributed by atoms with E-state index in [4.69, 9.17) is 4.74 Å². The number of carbonyl (C=O) groups is 1. The lowest BCUT2D eigenvalue weighted by molar-refractivity contribution is -0.148. The van der Waals surface area contributed by atoms with Crippen LogP contribution in [0.2, 0.25) is 0 Å². The summed E-state index contributed by atoms with van der Waals surface area (Å²) in [7, 11) is 0. The van der Waals surface area contributed by atoms with Gasteiger partial charge >= 0.3 is 5.97 Å². The second-order valence-electron chi connectivity index (χ2n) is 5.29. The van der Waals surface area contributed by atoms with E-state index >= 15 is 0 Å². The monoisotopic (exact) mass is 268 g/mol. The molecule has 0 aliphatic heterocycles. The maximum Gasteiger partial charge on any atom is 0.306 e. The summed E-state index contributed by atoms with van der Waals surface area (Å²) in [5.74, 6) is 0.146. The Bertz CT molecular complexity index is 492. The molecule has 0 spiro atoms. The number of ether oxygens (including phenoxy) is 1. The molecule has 0 radical (unpaired) electrons. The predicted molar refractivity (Wildman–Crippen MR) is 80.3 cm³/mol. The van der Waals surface area contributed by atoms with Crippen LogP contribution in [0.3, 0.4) is 0 Å². The standard InChI is InChI=1S/C18H20O2/c1-14(2)13-17(19)20-18(15-9-5-3-6-10-15)16-11-7-4-8-12-16/h3-12,14,18H,13H2,1-2H3. The molecule has 0 saturated carbocycles. The van der Waals surface area contributed by atoms with Gasteiger partial charge in [0.15, 0.2) is 6.10 Å². The lowest BCUT2D eigenvalue weighted by atomic mass is 10.0. The first-order valence-electron chi connectivity index (χ1n) is 6.96. The van der Waals surface area contributed by atoms with Crippen LogP contribution >= 0.6 is 0 Å². The Morgan fingerprint density at radius 2 is 1.35 bits per heavy atom. The zero-order valence-electron chi connectivity index (χ0n) is 12.0. The van der Waals surface area contributed by atoms with E-state index in [1.165, 1.54) is 0 Å². The topological polar surface area (TPSA) is 26.3 Å². The molecule has 2 aromatic carbocycles. The number of hydrogen-bond donors (Lipinski definition) is 0. The average molecular weight is 268 g/mol. The summed E-state index contributed by atoms with van der Waals surface area (Å²) in [6, 6.07) is 19.7. The molecular weight excluding hydrogens is 248 g/mol. The molecule has 0 unspecified atom stereocenters. The highest BCUT2D eigenvalue weighted by Crippen LogP contribution is 2.26. The van der Waals surface area contributed by atoms with Crippen LogP contribution < -0.4 is 0 Å². The van der Waals surface area contributed by atoms with E-state index in [-0.39, 0.29) is 12.1 Å². The third kappa shape index (κ3) is 3.95. The Kier molecular flexibility index (Phi) is 4.94. The minimum Gasteiger partial charge on any atom is -0.453 e. The van der Waals surface area contributed by atoms with Gasteiger partial charge in [0.1, 0.15) is 0 Å². The molecular formula is C18H20O2. The van der Waals surface area contributed by atoms with Crippen molar-refractivity contribution in [3.8, 4) is 0 Å². The normalized spacial score (nSPS) is 10.8. The van der Waals surface area contributed by atoms with E-state index < -0.39 is 0 Å². The quantitative estimate of drug-likeness (QED) is 0.753. The molecule has 0 N–H and O–H groups in total. The highest BCUT2D eigenvalue weighted by Gasteiger charge is 2.19. The van der Waals surface area contributed by atoms with Gasteiger partial charge in [-0.1, -0.05) is 74.5 Å². The zero-order valence-corrected chi connectivity index (χ0v) is 12.0. The molecule has 0 atom stereocenters. The van der Waals surface area contributed by atoms with E-state index in [2.05, 4.69) is 0 Å². The Balaban J connectivity index is 2.24. The molecule has 0 bridgehead atoms. The van der Waals surface area contributed by atoms with E-state index in [1.54, 1.807) is 0 Å². The van der Waals surface area contributed by atoms with Crippen LogP contribution in [0.4, 0.5) is 0 Å². The molecule has 0 saturated heterocycles. The van der Waals surface area contributed by atoms with Gasteiger partial charge in [0.25, 0.3) is 0 Å². The lowest BCUT2D eigenvalue weighted by Crippen LogP contribution is -2.14. The van der Waals surface area contributed by atoms with Gasteiger partial charge < -0.3 is 4.74 Å². The Labute approximate surface area is 120 Å². The van der Waals surface area contributed by atoms with Crippen LogP contribution in [0.15, 0.2) is 60.7 Å². The highest BCUT2D eigenvalue weighted by atomic mass is 16.5. The lowest BCUT2D eigenvalue weighted by Gasteiger charge is -2.19. The van der Waals surface area contributed by atoms with E-state index in [0.29, 0.717) is 12.3 Å². The summed E-state index contributed by atoms with van der Waals surface area (Å²) < 4.78 is 5.69. The summed E-state index contributed by atoms with van der Waals surface area (Å²) in [5.41, 5.74) is 1.99. The molecule has 104 valence electrons. The fraction of sp³-hybridized carbons (Fsp3) is 0.278. The van der Waals surface area contributed by atoms with Crippen molar-refractivity contribution < 1.29 is 9.53 Å². The van der Waals surface area contributed by atoms with Crippen molar-refractivity contribution in [2.24, 2.45) is 5.92 Å². The first-order chi connectivity index (χ1) is 9.66. The fourth-order valence-electron chi connectivity index (χ4n) is 2.10. The van der Waals surface area contributed by atoms with Crippen LogP contribution in [0, 0.1) is 5.92 Å². The summed E-state index contributed by atoms with van der Waals surface area (Å²) in [5, 5.41) is 0. The molecule has 0 fully saturated rings. The van der Waals surface area contributed by atoms with Crippen molar-refractivity contribution in [2.45, 2.75) is 26.4 Å². The number of carbonyl (C=O) groups excluding carboxylic acids is 1. The minimum absolute atomic E-state index is 0.155. The second kappa shape index (κ2) is 6.90. The molecule has 0 aliphatic carbocycles. The van der Waals surface area contributed by atoms with Gasteiger partial charge in [-0.2, -0.15) is 0 Å². The largest absolute Gasteiger partial charge is 0.453 e. The number of benzene rings is 2. The van der Waals surface area contributed by atoms with Crippen molar-refractivity contribution in [3.63, 3.8) is 0 Å². The third-order valence-corrected chi connectivity index (χ3v) is 3.03. The summed E-state index contributed by atoms with van der Waals surface area (Å²) in [4.78, 5) is 12.0. The van der Waals surface area contributed by atoms with Crippen LogP contribution in [0.25, 0.3) is 0 Å². The first-order valence-corrected chi connectivity index (χ1v) is 6.96. The van der Waals surface area contributed by atoms with E-state index in [9.17, 15) is 4.79 Å². The van der Waals surface area contributed by atoms with Crippen molar-refractivity contribution in [1.29, 1.82) is 0 Å². The number of esters is 1. The number of hydrogen-bond acceptors (Lipinski definition) is 2. The summed E-state index contributed by atoms with van der Waals surface area (Å²) in [6.07, 6.45) is 0.111. The van der Waals surface area contributed by atoms with Gasteiger partial charge in [-0.15, -0.1) is 0 Å². The van der Waals surface area contributed by atoms with E-state index in [1.807, 2.05) is 74.5 Å². The molecule has 0 amide bonds. The minimum atomic E-state index is -0.330. The molecule has 20 heavy (non-hydrogen) atoms. The Hall–Kier alpha value is -2.09. The molecule has 0 aromatic heterocycles. The summed E-state index contributed by atoms with van der Waals surface area (Å²) >= 11 is 0. The molecule has 2 aromatic rings.